The SMILES string of the molecule is COCCN(CCC(=O)NCc1ccccn1)C(=O)c1csc(Nc2ccc(OC)cc2)n1. The van der Waals surface area contributed by atoms with Gasteiger partial charge in [-0.15, -0.1) is 11.3 Å². The third-order valence-electron chi connectivity index (χ3n) is 4.72. The lowest BCUT2D eigenvalue weighted by Gasteiger charge is -2.21. The standard InChI is InChI=1S/C23H27N5O4S/c1-31-14-13-28(12-10-21(29)25-15-18-5-3-4-11-24-18)22(30)20-16-33-23(27-20)26-17-6-8-19(32-2)9-7-17/h3-9,11,16H,10,12-15H2,1-2H3,(H,25,29)(H,26,27). The molecule has 0 radical (unpaired) electrons. The first-order valence-electron chi connectivity index (χ1n) is 10.4. The van der Waals surface area contributed by atoms with Crippen LogP contribution in [0.1, 0.15) is 22.6 Å². The summed E-state index contributed by atoms with van der Waals surface area (Å²) < 4.78 is 10.3. The zero-order valence-electron chi connectivity index (χ0n) is 18.6. The third kappa shape index (κ3) is 7.55. The van der Waals surface area contributed by atoms with Gasteiger partial charge in [-0.1, -0.05) is 6.07 Å². The number of rotatable bonds is 12. The number of carbonyl (C=O) groups excluding carboxylic acids is 2. The lowest BCUT2D eigenvalue weighted by molar-refractivity contribution is -0.121. The number of pyridine rings is 1. The number of benzene rings is 1. The molecular weight excluding hydrogens is 442 g/mol. The van der Waals surface area contributed by atoms with E-state index in [4.69, 9.17) is 9.47 Å². The van der Waals surface area contributed by atoms with Crippen LogP contribution >= 0.6 is 11.3 Å². The van der Waals surface area contributed by atoms with Gasteiger partial charge < -0.3 is 25.0 Å². The van der Waals surface area contributed by atoms with Crippen molar-refractivity contribution in [3.63, 3.8) is 0 Å². The topological polar surface area (TPSA) is 106 Å². The van der Waals surface area contributed by atoms with Crippen LogP contribution in [-0.2, 0) is 16.1 Å². The molecule has 174 valence electrons. The fraction of sp³-hybridized carbons (Fsp3) is 0.304. The molecule has 2 N–H and O–H groups in total. The first kappa shape index (κ1) is 24.1. The Morgan fingerprint density at radius 1 is 1.09 bits per heavy atom. The summed E-state index contributed by atoms with van der Waals surface area (Å²) in [6.07, 6.45) is 1.85. The van der Waals surface area contributed by atoms with Gasteiger partial charge in [0.1, 0.15) is 11.4 Å². The average Bonchev–Trinajstić information content (AvgIpc) is 3.32. The third-order valence-corrected chi connectivity index (χ3v) is 5.48. The number of anilines is 2. The van der Waals surface area contributed by atoms with Crippen molar-refractivity contribution < 1.29 is 19.1 Å². The summed E-state index contributed by atoms with van der Waals surface area (Å²) in [4.78, 5) is 35.5. The second-order valence-electron chi connectivity index (χ2n) is 7.02. The molecular formula is C23H27N5O4S. The Morgan fingerprint density at radius 3 is 2.61 bits per heavy atom. The van der Waals surface area contributed by atoms with Crippen molar-refractivity contribution in [1.82, 2.24) is 20.2 Å². The molecule has 2 amide bonds. The minimum absolute atomic E-state index is 0.156. The van der Waals surface area contributed by atoms with E-state index in [0.717, 1.165) is 17.1 Å². The Bertz CT molecular complexity index is 1030. The molecule has 0 aliphatic rings. The molecule has 0 fully saturated rings. The molecule has 0 saturated carbocycles. The Labute approximate surface area is 196 Å². The zero-order valence-corrected chi connectivity index (χ0v) is 19.4. The number of ether oxygens (including phenoxy) is 2. The summed E-state index contributed by atoms with van der Waals surface area (Å²) in [7, 11) is 3.18. The Balaban J connectivity index is 1.56. The highest BCUT2D eigenvalue weighted by Gasteiger charge is 2.20. The molecule has 0 saturated heterocycles. The van der Waals surface area contributed by atoms with Crippen molar-refractivity contribution in [2.75, 3.05) is 39.2 Å². The van der Waals surface area contributed by atoms with Crippen LogP contribution in [0.25, 0.3) is 0 Å². The van der Waals surface area contributed by atoms with Crippen molar-refractivity contribution in [3.8, 4) is 5.75 Å². The number of aromatic nitrogens is 2. The Hall–Kier alpha value is -3.50. The molecule has 2 heterocycles. The summed E-state index contributed by atoms with van der Waals surface area (Å²) in [6, 6.07) is 13.0. The van der Waals surface area contributed by atoms with Crippen LogP contribution in [0.3, 0.4) is 0 Å². The lowest BCUT2D eigenvalue weighted by atomic mass is 10.3. The molecule has 0 spiro atoms. The van der Waals surface area contributed by atoms with Gasteiger partial charge in [-0.3, -0.25) is 14.6 Å². The summed E-state index contributed by atoms with van der Waals surface area (Å²) in [6.45, 7) is 1.33. The Morgan fingerprint density at radius 2 is 1.91 bits per heavy atom. The molecule has 10 heteroatoms. The van der Waals surface area contributed by atoms with E-state index < -0.39 is 0 Å². The predicted molar refractivity (Wildman–Crippen MR) is 127 cm³/mol. The number of hydrogen-bond acceptors (Lipinski definition) is 8. The first-order chi connectivity index (χ1) is 16.1. The van der Waals surface area contributed by atoms with Crippen LogP contribution in [0.4, 0.5) is 10.8 Å². The number of amides is 2. The highest BCUT2D eigenvalue weighted by molar-refractivity contribution is 7.14. The number of nitrogens with one attached hydrogen (secondary N) is 2. The largest absolute Gasteiger partial charge is 0.497 e. The maximum absolute atomic E-state index is 13.0. The van der Waals surface area contributed by atoms with E-state index in [9.17, 15) is 9.59 Å². The van der Waals surface area contributed by atoms with E-state index >= 15 is 0 Å². The molecule has 0 aliphatic carbocycles. The molecule has 0 bridgehead atoms. The van der Waals surface area contributed by atoms with Crippen LogP contribution in [0.15, 0.2) is 54.0 Å². The second kappa shape index (κ2) is 12.5. The minimum Gasteiger partial charge on any atom is -0.497 e. The van der Waals surface area contributed by atoms with Crippen molar-refractivity contribution in [2.24, 2.45) is 0 Å². The van der Waals surface area contributed by atoms with Gasteiger partial charge in [-0.2, -0.15) is 0 Å². The van der Waals surface area contributed by atoms with Crippen LogP contribution in [0.5, 0.6) is 5.75 Å². The van der Waals surface area contributed by atoms with E-state index in [-0.39, 0.29) is 24.8 Å². The molecule has 0 unspecified atom stereocenters. The number of carbonyl (C=O) groups is 2. The molecule has 0 aliphatic heterocycles. The van der Waals surface area contributed by atoms with E-state index in [2.05, 4.69) is 20.6 Å². The summed E-state index contributed by atoms with van der Waals surface area (Å²) in [5, 5.41) is 8.31. The van der Waals surface area contributed by atoms with Crippen LogP contribution in [0, 0.1) is 0 Å². The molecule has 0 atom stereocenters. The predicted octanol–water partition coefficient (Wildman–Crippen LogP) is 3.09. The fourth-order valence-electron chi connectivity index (χ4n) is 2.92. The van der Waals surface area contributed by atoms with Gasteiger partial charge in [0.25, 0.3) is 5.91 Å². The molecule has 3 aromatic rings. The van der Waals surface area contributed by atoms with Crippen LogP contribution in [-0.4, -0.2) is 60.6 Å². The number of nitrogens with zero attached hydrogens (tertiary/aromatic N) is 3. The minimum atomic E-state index is -0.247. The van der Waals surface area contributed by atoms with Gasteiger partial charge >= 0.3 is 0 Å². The smallest absolute Gasteiger partial charge is 0.273 e. The molecule has 9 nitrogen and oxygen atoms in total. The van der Waals surface area contributed by atoms with Crippen LogP contribution in [0.2, 0.25) is 0 Å². The fourth-order valence-corrected chi connectivity index (χ4v) is 3.63. The van der Waals surface area contributed by atoms with Crippen molar-refractivity contribution in [1.29, 1.82) is 0 Å². The highest BCUT2D eigenvalue weighted by Crippen LogP contribution is 2.23. The quantitative estimate of drug-likeness (QED) is 0.420. The van der Waals surface area contributed by atoms with Crippen molar-refractivity contribution in [3.05, 3.63) is 65.4 Å². The Kier molecular flexibility index (Phi) is 9.16. The van der Waals surface area contributed by atoms with E-state index in [1.807, 2.05) is 42.5 Å². The van der Waals surface area contributed by atoms with Gasteiger partial charge in [-0.25, -0.2) is 4.98 Å². The number of methoxy groups -OCH3 is 2. The van der Waals surface area contributed by atoms with E-state index in [1.54, 1.807) is 30.7 Å². The monoisotopic (exact) mass is 469 g/mol. The van der Waals surface area contributed by atoms with Crippen LogP contribution < -0.4 is 15.4 Å². The van der Waals surface area contributed by atoms with Gasteiger partial charge in [0.2, 0.25) is 5.91 Å². The summed E-state index contributed by atoms with van der Waals surface area (Å²) >= 11 is 1.34. The number of thiazole rings is 1. The highest BCUT2D eigenvalue weighted by atomic mass is 32.1. The first-order valence-corrected chi connectivity index (χ1v) is 11.3. The summed E-state index contributed by atoms with van der Waals surface area (Å²) in [5.74, 6) is 0.355. The zero-order chi connectivity index (χ0) is 23.5. The van der Waals surface area contributed by atoms with Gasteiger partial charge in [0.15, 0.2) is 5.13 Å². The lowest BCUT2D eigenvalue weighted by Crippen LogP contribution is -2.37. The number of hydrogen-bond donors (Lipinski definition) is 2. The van der Waals surface area contributed by atoms with E-state index in [0.29, 0.717) is 30.5 Å². The average molecular weight is 470 g/mol. The maximum Gasteiger partial charge on any atom is 0.273 e. The molecule has 3 rings (SSSR count). The van der Waals surface area contributed by atoms with Crippen molar-refractivity contribution in [2.45, 2.75) is 13.0 Å². The van der Waals surface area contributed by atoms with Gasteiger partial charge in [-0.05, 0) is 36.4 Å². The van der Waals surface area contributed by atoms with Gasteiger partial charge in [0.05, 0.1) is 26.0 Å². The molecule has 2 aromatic heterocycles. The molecule has 33 heavy (non-hydrogen) atoms. The summed E-state index contributed by atoms with van der Waals surface area (Å²) in [5.41, 5.74) is 1.93. The van der Waals surface area contributed by atoms with Gasteiger partial charge in [0, 0.05) is 43.9 Å². The maximum atomic E-state index is 13.0. The van der Waals surface area contributed by atoms with E-state index in [1.165, 1.54) is 11.3 Å². The normalized spacial score (nSPS) is 10.5. The van der Waals surface area contributed by atoms with Crippen molar-refractivity contribution >= 4 is 34.0 Å². The molecule has 1 aromatic carbocycles. The second-order valence-corrected chi connectivity index (χ2v) is 7.88.